The summed E-state index contributed by atoms with van der Waals surface area (Å²) in [6.45, 7) is 6.34. The Morgan fingerprint density at radius 2 is 1.85 bits per heavy atom. The predicted octanol–water partition coefficient (Wildman–Crippen LogP) is 2.75. The van der Waals surface area contributed by atoms with Crippen LogP contribution in [0.5, 0.6) is 0 Å². The van der Waals surface area contributed by atoms with Crippen LogP contribution < -0.4 is 5.32 Å². The fourth-order valence-corrected chi connectivity index (χ4v) is 2.59. The first-order valence-corrected chi connectivity index (χ1v) is 9.46. The molecule has 0 radical (unpaired) electrons. The van der Waals surface area contributed by atoms with Gasteiger partial charge in [-0.2, -0.15) is 21.6 Å². The third-order valence-corrected chi connectivity index (χ3v) is 4.20. The molecule has 27 heavy (non-hydrogen) atoms. The Labute approximate surface area is 155 Å². The van der Waals surface area contributed by atoms with Gasteiger partial charge in [0, 0.05) is 12.8 Å². The quantitative estimate of drug-likeness (QED) is 0.416. The number of amides is 1. The molecule has 0 spiro atoms. The van der Waals surface area contributed by atoms with Crippen LogP contribution in [-0.4, -0.2) is 43.7 Å². The molecule has 0 aliphatic heterocycles. The predicted molar refractivity (Wildman–Crippen MR) is 86.7 cm³/mol. The highest BCUT2D eigenvalue weighted by atomic mass is 32.2. The van der Waals surface area contributed by atoms with Gasteiger partial charge in [-0.15, -0.1) is 0 Å². The summed E-state index contributed by atoms with van der Waals surface area (Å²) < 4.78 is 74.1. The normalized spacial score (nSPS) is 21.1. The van der Waals surface area contributed by atoms with Crippen molar-refractivity contribution in [3.05, 3.63) is 11.8 Å². The van der Waals surface area contributed by atoms with Crippen LogP contribution in [0.3, 0.4) is 0 Å². The van der Waals surface area contributed by atoms with Crippen LogP contribution in [0.15, 0.2) is 11.8 Å². The summed E-state index contributed by atoms with van der Waals surface area (Å²) in [6.07, 6.45) is -1.10. The molecule has 0 heterocycles. The second-order valence-corrected chi connectivity index (χ2v) is 8.25. The lowest BCUT2D eigenvalue weighted by Gasteiger charge is -2.31. The molecule has 8 nitrogen and oxygen atoms in total. The summed E-state index contributed by atoms with van der Waals surface area (Å²) in [4.78, 5) is 23.5. The maximum Gasteiger partial charge on any atom is 0.534 e. The second-order valence-electron chi connectivity index (χ2n) is 6.71. The van der Waals surface area contributed by atoms with E-state index in [2.05, 4.69) is 9.50 Å². The number of ether oxygens (including phenoxy) is 2. The van der Waals surface area contributed by atoms with Crippen molar-refractivity contribution in [1.82, 2.24) is 5.32 Å². The van der Waals surface area contributed by atoms with E-state index in [-0.39, 0.29) is 19.3 Å². The summed E-state index contributed by atoms with van der Waals surface area (Å²) in [7, 11) is -5.84. The third-order valence-electron chi connectivity index (χ3n) is 3.20. The van der Waals surface area contributed by atoms with E-state index in [9.17, 15) is 31.2 Å². The summed E-state index contributed by atoms with van der Waals surface area (Å²) in [5.41, 5.74) is -6.44. The van der Waals surface area contributed by atoms with Crippen LogP contribution in [-0.2, 0) is 28.6 Å². The van der Waals surface area contributed by atoms with Gasteiger partial charge in [0.1, 0.15) is 17.5 Å². The number of rotatable bonds is 5. The lowest BCUT2D eigenvalue weighted by Crippen LogP contribution is -2.47. The topological polar surface area (TPSA) is 108 Å². The number of halogens is 3. The molecule has 0 aromatic rings. The van der Waals surface area contributed by atoms with E-state index < -0.39 is 51.2 Å². The molecule has 0 bridgehead atoms. The molecule has 1 aliphatic rings. The van der Waals surface area contributed by atoms with Crippen molar-refractivity contribution in [2.45, 2.75) is 70.2 Å². The molecule has 1 aliphatic carbocycles. The average molecular weight is 417 g/mol. The standard InChI is InChI=1S/C15H22F3NO7S/c1-5-12(20)24-11-7-6-9(26-27(22,23)15(16,17)18)8-10(11)19-13(21)25-14(2,3)4/h8,10-11H,5-7H2,1-4H3,(H,19,21)/t10-,11?/m0/s1. The molecular weight excluding hydrogens is 395 g/mol. The van der Waals surface area contributed by atoms with E-state index in [1.807, 2.05) is 0 Å². The molecule has 0 aromatic carbocycles. The molecule has 1 unspecified atom stereocenters. The summed E-state index contributed by atoms with van der Waals surface area (Å²) in [5.74, 6) is -1.10. The van der Waals surface area contributed by atoms with Crippen molar-refractivity contribution >= 4 is 22.2 Å². The highest BCUT2D eigenvalue weighted by Gasteiger charge is 2.49. The Morgan fingerprint density at radius 1 is 1.26 bits per heavy atom. The van der Waals surface area contributed by atoms with Gasteiger partial charge in [0.2, 0.25) is 0 Å². The minimum atomic E-state index is -5.84. The Balaban J connectivity index is 3.02. The van der Waals surface area contributed by atoms with Crippen LogP contribution in [0, 0.1) is 0 Å². The van der Waals surface area contributed by atoms with E-state index in [1.54, 1.807) is 27.7 Å². The first kappa shape index (κ1) is 23.1. The van der Waals surface area contributed by atoms with Crippen molar-refractivity contribution < 1.29 is 44.8 Å². The van der Waals surface area contributed by atoms with Gasteiger partial charge in [0.05, 0.1) is 6.04 Å². The lowest BCUT2D eigenvalue weighted by molar-refractivity contribution is -0.150. The maximum atomic E-state index is 12.5. The van der Waals surface area contributed by atoms with E-state index >= 15 is 0 Å². The zero-order valence-electron chi connectivity index (χ0n) is 15.3. The van der Waals surface area contributed by atoms with E-state index in [0.29, 0.717) is 0 Å². The third kappa shape index (κ3) is 7.27. The van der Waals surface area contributed by atoms with E-state index in [1.165, 1.54) is 0 Å². The molecule has 1 amide bonds. The highest BCUT2D eigenvalue weighted by Crippen LogP contribution is 2.30. The summed E-state index contributed by atoms with van der Waals surface area (Å²) in [5, 5.41) is 2.34. The van der Waals surface area contributed by atoms with Crippen molar-refractivity contribution in [3.63, 3.8) is 0 Å². The second kappa shape index (κ2) is 8.36. The van der Waals surface area contributed by atoms with Gasteiger partial charge in [-0.05, 0) is 33.3 Å². The van der Waals surface area contributed by atoms with Crippen LogP contribution in [0.4, 0.5) is 18.0 Å². The minimum absolute atomic E-state index is 0.0468. The molecular formula is C15H22F3NO7S. The molecule has 1 N–H and O–H groups in total. The first-order chi connectivity index (χ1) is 12.1. The molecule has 12 heteroatoms. The number of hydrogen-bond donors (Lipinski definition) is 1. The van der Waals surface area contributed by atoms with Crippen molar-refractivity contribution in [3.8, 4) is 0 Å². The molecule has 2 atom stereocenters. The number of hydrogen-bond acceptors (Lipinski definition) is 7. The van der Waals surface area contributed by atoms with Crippen molar-refractivity contribution in [2.24, 2.45) is 0 Å². The van der Waals surface area contributed by atoms with Gasteiger partial charge < -0.3 is 19.0 Å². The SMILES string of the molecule is CCC(=O)OC1CCC(OS(=O)(=O)C(F)(F)F)=C[C@@H]1NC(=O)OC(C)(C)C. The van der Waals surface area contributed by atoms with Gasteiger partial charge in [0.15, 0.2) is 0 Å². The highest BCUT2D eigenvalue weighted by molar-refractivity contribution is 7.87. The van der Waals surface area contributed by atoms with Crippen molar-refractivity contribution in [2.75, 3.05) is 0 Å². The fraction of sp³-hybridized carbons (Fsp3) is 0.733. The number of nitrogens with one attached hydrogen (secondary N) is 1. The zero-order valence-corrected chi connectivity index (χ0v) is 16.1. The summed E-state index contributed by atoms with van der Waals surface area (Å²) >= 11 is 0. The summed E-state index contributed by atoms with van der Waals surface area (Å²) in [6, 6.07) is -1.12. The molecule has 156 valence electrons. The van der Waals surface area contributed by atoms with Crippen LogP contribution in [0.2, 0.25) is 0 Å². The smallest absolute Gasteiger partial charge is 0.460 e. The molecule has 0 fully saturated rings. The number of carbonyl (C=O) groups is 2. The van der Waals surface area contributed by atoms with Gasteiger partial charge >= 0.3 is 27.7 Å². The van der Waals surface area contributed by atoms with Gasteiger partial charge in [-0.3, -0.25) is 4.79 Å². The zero-order chi connectivity index (χ0) is 21.0. The monoisotopic (exact) mass is 417 g/mol. The Morgan fingerprint density at radius 3 is 2.33 bits per heavy atom. The van der Waals surface area contributed by atoms with Gasteiger partial charge in [-0.1, -0.05) is 6.92 Å². The maximum absolute atomic E-state index is 12.5. The molecule has 0 saturated carbocycles. The number of alkyl halides is 3. The molecule has 0 saturated heterocycles. The van der Waals surface area contributed by atoms with Gasteiger partial charge in [-0.25, -0.2) is 4.79 Å². The van der Waals surface area contributed by atoms with E-state index in [4.69, 9.17) is 9.47 Å². The van der Waals surface area contributed by atoms with Crippen LogP contribution >= 0.6 is 0 Å². The number of carbonyl (C=O) groups excluding carboxylic acids is 2. The fourth-order valence-electron chi connectivity index (χ4n) is 2.08. The number of esters is 1. The van der Waals surface area contributed by atoms with E-state index in [0.717, 1.165) is 6.08 Å². The largest absolute Gasteiger partial charge is 0.534 e. The van der Waals surface area contributed by atoms with Crippen LogP contribution in [0.1, 0.15) is 47.0 Å². The first-order valence-electron chi connectivity index (χ1n) is 8.05. The minimum Gasteiger partial charge on any atom is -0.460 e. The van der Waals surface area contributed by atoms with Gasteiger partial charge in [0.25, 0.3) is 0 Å². The average Bonchev–Trinajstić information content (AvgIpc) is 2.46. The molecule has 1 rings (SSSR count). The number of allylic oxidation sites excluding steroid dienone is 1. The Bertz CT molecular complexity index is 695. The molecule has 0 aromatic heterocycles. The number of alkyl carbamates (subject to hydrolysis) is 1. The Hall–Kier alpha value is -1.98. The van der Waals surface area contributed by atoms with Crippen LogP contribution in [0.25, 0.3) is 0 Å². The van der Waals surface area contributed by atoms with Crippen molar-refractivity contribution in [1.29, 1.82) is 0 Å². The Kier molecular flexibility index (Phi) is 7.14. The lowest BCUT2D eigenvalue weighted by atomic mass is 9.98.